The molecule has 0 unspecified atom stereocenters. The molecule has 1 aromatic heterocycles. The Kier molecular flexibility index (Phi) is 3.98. The van der Waals surface area contributed by atoms with Gasteiger partial charge in [0.2, 0.25) is 5.91 Å². The molecular formula is C18H14FN3O5. The Morgan fingerprint density at radius 3 is 2.89 bits per heavy atom. The number of hydrogen-bond donors (Lipinski definition) is 0. The van der Waals surface area contributed by atoms with Gasteiger partial charge in [-0.25, -0.2) is 9.18 Å². The van der Waals surface area contributed by atoms with E-state index in [2.05, 4.69) is 0 Å². The summed E-state index contributed by atoms with van der Waals surface area (Å²) in [6.07, 6.45) is 1.37. The number of anilines is 1. The highest BCUT2D eigenvalue weighted by molar-refractivity contribution is 5.95. The van der Waals surface area contributed by atoms with Crippen molar-refractivity contribution in [1.82, 2.24) is 4.57 Å². The van der Waals surface area contributed by atoms with Gasteiger partial charge in [-0.05, 0) is 30.5 Å². The largest absolute Gasteiger partial charge is 0.420 e. The first-order chi connectivity index (χ1) is 13.0. The fourth-order valence-corrected chi connectivity index (χ4v) is 3.39. The van der Waals surface area contributed by atoms with Crippen molar-refractivity contribution in [3.05, 3.63) is 68.4 Å². The van der Waals surface area contributed by atoms with E-state index in [9.17, 15) is 24.1 Å². The van der Waals surface area contributed by atoms with Crippen molar-refractivity contribution in [1.29, 1.82) is 0 Å². The van der Waals surface area contributed by atoms with E-state index in [1.54, 1.807) is 12.1 Å². The van der Waals surface area contributed by atoms with Crippen LogP contribution in [0.1, 0.15) is 12.0 Å². The van der Waals surface area contributed by atoms with Crippen LogP contribution in [0.2, 0.25) is 0 Å². The van der Waals surface area contributed by atoms with Gasteiger partial charge in [-0.3, -0.25) is 19.5 Å². The number of rotatable bonds is 3. The number of carbonyl (C=O) groups excluding carboxylic acids is 1. The first kappa shape index (κ1) is 17.0. The first-order valence-corrected chi connectivity index (χ1v) is 8.31. The third-order valence-electron chi connectivity index (χ3n) is 4.63. The normalized spacial score (nSPS) is 13.6. The smallest absolute Gasteiger partial charge is 0.407 e. The van der Waals surface area contributed by atoms with Crippen LogP contribution in [0.25, 0.3) is 11.1 Å². The second-order valence-electron chi connectivity index (χ2n) is 6.26. The Balaban J connectivity index is 1.70. The highest BCUT2D eigenvalue weighted by Crippen LogP contribution is 2.30. The topological polar surface area (TPSA) is 98.6 Å². The van der Waals surface area contributed by atoms with Crippen LogP contribution in [0.15, 0.2) is 45.6 Å². The number of non-ortho nitro benzene ring substituents is 1. The number of aryl methyl sites for hydroxylation is 1. The van der Waals surface area contributed by atoms with Crippen molar-refractivity contribution in [2.75, 3.05) is 11.4 Å². The second-order valence-corrected chi connectivity index (χ2v) is 6.26. The lowest BCUT2D eigenvalue weighted by Gasteiger charge is -2.29. The molecule has 0 N–H and O–H groups in total. The molecule has 2 aromatic carbocycles. The van der Waals surface area contributed by atoms with Crippen LogP contribution < -0.4 is 10.7 Å². The van der Waals surface area contributed by atoms with E-state index in [0.717, 1.165) is 16.2 Å². The third-order valence-corrected chi connectivity index (χ3v) is 4.63. The van der Waals surface area contributed by atoms with Gasteiger partial charge in [-0.2, -0.15) is 0 Å². The number of carbonyl (C=O) groups is 1. The Morgan fingerprint density at radius 1 is 1.30 bits per heavy atom. The number of nitrogens with zero attached hydrogens (tertiary/aromatic N) is 3. The zero-order chi connectivity index (χ0) is 19.1. The molecule has 0 radical (unpaired) electrons. The van der Waals surface area contributed by atoms with Crippen molar-refractivity contribution in [3.8, 4) is 0 Å². The van der Waals surface area contributed by atoms with Crippen LogP contribution in [-0.4, -0.2) is 21.9 Å². The van der Waals surface area contributed by atoms with Gasteiger partial charge in [-0.1, -0.05) is 12.1 Å². The third kappa shape index (κ3) is 2.86. The van der Waals surface area contributed by atoms with E-state index in [0.29, 0.717) is 19.4 Å². The van der Waals surface area contributed by atoms with Crippen LogP contribution in [0.3, 0.4) is 0 Å². The van der Waals surface area contributed by atoms with Crippen LogP contribution in [0.5, 0.6) is 0 Å². The quantitative estimate of drug-likeness (QED) is 0.521. The molecule has 1 aliphatic heterocycles. The molecule has 0 fully saturated rings. The number of nitro benzene ring substituents is 1. The number of aromatic nitrogens is 1. The summed E-state index contributed by atoms with van der Waals surface area (Å²) in [5.74, 6) is -1.74. The molecule has 1 amide bonds. The van der Waals surface area contributed by atoms with E-state index in [1.807, 2.05) is 0 Å². The number of amides is 1. The lowest BCUT2D eigenvalue weighted by Crippen LogP contribution is -2.39. The minimum Gasteiger partial charge on any atom is -0.407 e. The number of benzene rings is 2. The Morgan fingerprint density at radius 2 is 2.11 bits per heavy atom. The maximum atomic E-state index is 14.3. The van der Waals surface area contributed by atoms with E-state index < -0.39 is 22.4 Å². The molecule has 9 heteroatoms. The van der Waals surface area contributed by atoms with Gasteiger partial charge in [0.15, 0.2) is 5.58 Å². The summed E-state index contributed by atoms with van der Waals surface area (Å²) >= 11 is 0. The van der Waals surface area contributed by atoms with E-state index >= 15 is 0 Å². The van der Waals surface area contributed by atoms with Gasteiger partial charge in [-0.15, -0.1) is 0 Å². The van der Waals surface area contributed by atoms with Crippen molar-refractivity contribution >= 4 is 28.4 Å². The molecule has 0 spiro atoms. The second kappa shape index (κ2) is 6.35. The van der Waals surface area contributed by atoms with E-state index in [1.165, 1.54) is 23.1 Å². The lowest BCUT2D eigenvalue weighted by molar-refractivity contribution is -0.384. The summed E-state index contributed by atoms with van der Waals surface area (Å²) in [4.78, 5) is 36.5. The maximum Gasteiger partial charge on any atom is 0.420 e. The monoisotopic (exact) mass is 371 g/mol. The predicted molar refractivity (Wildman–Crippen MR) is 94.2 cm³/mol. The molecule has 4 rings (SSSR count). The highest BCUT2D eigenvalue weighted by Gasteiger charge is 2.27. The van der Waals surface area contributed by atoms with E-state index in [-0.39, 0.29) is 29.0 Å². The molecule has 27 heavy (non-hydrogen) atoms. The van der Waals surface area contributed by atoms with Gasteiger partial charge >= 0.3 is 5.76 Å². The zero-order valence-electron chi connectivity index (χ0n) is 14.1. The molecule has 138 valence electrons. The predicted octanol–water partition coefficient (Wildman–Crippen LogP) is 2.62. The summed E-state index contributed by atoms with van der Waals surface area (Å²) in [5.41, 5.74) is 1.05. The molecule has 3 aromatic rings. The van der Waals surface area contributed by atoms with Gasteiger partial charge in [0.25, 0.3) is 5.69 Å². The maximum absolute atomic E-state index is 14.3. The van der Waals surface area contributed by atoms with Crippen LogP contribution in [-0.2, 0) is 17.8 Å². The molecule has 0 bridgehead atoms. The molecule has 0 aliphatic carbocycles. The average Bonchev–Trinajstić information content (AvgIpc) is 2.96. The van der Waals surface area contributed by atoms with Gasteiger partial charge < -0.3 is 9.32 Å². The standard InChI is InChI=1S/C18H14FN3O5/c19-13-5-1-3-11-4-2-8-20(17(11)13)16(23)10-21-14-7-6-12(22(25)26)9-15(14)27-18(21)24/h1,3,5-7,9H,2,4,8,10H2. The Bertz CT molecular complexity index is 1130. The average molecular weight is 371 g/mol. The summed E-state index contributed by atoms with van der Waals surface area (Å²) in [5, 5.41) is 10.9. The van der Waals surface area contributed by atoms with Gasteiger partial charge in [0, 0.05) is 12.6 Å². The number of para-hydroxylation sites is 1. The summed E-state index contributed by atoms with van der Waals surface area (Å²) in [6, 6.07) is 8.39. The minimum absolute atomic E-state index is 0.0206. The van der Waals surface area contributed by atoms with E-state index in [4.69, 9.17) is 4.42 Å². The fourth-order valence-electron chi connectivity index (χ4n) is 3.39. The molecule has 0 saturated carbocycles. The summed E-state index contributed by atoms with van der Waals surface area (Å²) in [6.45, 7) is 0.000190. The Labute approximate surface area is 151 Å². The number of fused-ring (bicyclic) bond motifs is 2. The molecule has 8 nitrogen and oxygen atoms in total. The first-order valence-electron chi connectivity index (χ1n) is 8.31. The number of halogens is 1. The molecule has 0 atom stereocenters. The van der Waals surface area contributed by atoms with Gasteiger partial charge in [0.05, 0.1) is 22.2 Å². The zero-order valence-corrected chi connectivity index (χ0v) is 14.1. The number of oxazole rings is 1. The van der Waals surface area contributed by atoms with Crippen LogP contribution >= 0.6 is 0 Å². The van der Waals surface area contributed by atoms with Gasteiger partial charge in [0.1, 0.15) is 12.4 Å². The highest BCUT2D eigenvalue weighted by atomic mass is 19.1. The SMILES string of the molecule is O=C(Cn1c(=O)oc2cc([N+](=O)[O-])ccc21)N1CCCc2cccc(F)c21. The summed E-state index contributed by atoms with van der Waals surface area (Å²) < 4.78 is 20.4. The molecule has 2 heterocycles. The van der Waals surface area contributed by atoms with Crippen molar-refractivity contribution in [3.63, 3.8) is 0 Å². The molecule has 1 aliphatic rings. The van der Waals surface area contributed by atoms with Crippen LogP contribution in [0.4, 0.5) is 15.8 Å². The minimum atomic E-state index is -0.801. The lowest BCUT2D eigenvalue weighted by atomic mass is 10.0. The molecular weight excluding hydrogens is 357 g/mol. The van der Waals surface area contributed by atoms with Crippen molar-refractivity contribution in [2.24, 2.45) is 0 Å². The fraction of sp³-hybridized carbons (Fsp3) is 0.222. The van der Waals surface area contributed by atoms with Crippen molar-refractivity contribution < 1.29 is 18.5 Å². The van der Waals surface area contributed by atoms with Crippen LogP contribution in [0, 0.1) is 15.9 Å². The summed E-state index contributed by atoms with van der Waals surface area (Å²) in [7, 11) is 0. The number of hydrogen-bond acceptors (Lipinski definition) is 5. The van der Waals surface area contributed by atoms with Crippen molar-refractivity contribution in [2.45, 2.75) is 19.4 Å². The molecule has 0 saturated heterocycles. The number of nitro groups is 1. The Hall–Kier alpha value is -3.49.